The Bertz CT molecular complexity index is 609. The summed E-state index contributed by atoms with van der Waals surface area (Å²) in [6.45, 7) is 8.21. The van der Waals surface area contributed by atoms with E-state index in [0.717, 1.165) is 29.6 Å². The Hall–Kier alpha value is -1.71. The van der Waals surface area contributed by atoms with Crippen LogP contribution >= 0.6 is 24.0 Å². The van der Waals surface area contributed by atoms with Gasteiger partial charge in [0.1, 0.15) is 11.5 Å². The average molecular weight is 492 g/mol. The van der Waals surface area contributed by atoms with Crippen LogP contribution in [0.5, 0.6) is 11.5 Å². The lowest BCUT2D eigenvalue weighted by atomic mass is 10.2. The van der Waals surface area contributed by atoms with Gasteiger partial charge in [0.05, 0.1) is 20.8 Å². The molecule has 27 heavy (non-hydrogen) atoms. The molecule has 0 aromatic heterocycles. The van der Waals surface area contributed by atoms with E-state index in [9.17, 15) is 4.79 Å². The summed E-state index contributed by atoms with van der Waals surface area (Å²) in [4.78, 5) is 18.2. The Morgan fingerprint density at radius 1 is 1.22 bits per heavy atom. The van der Waals surface area contributed by atoms with Gasteiger partial charge in [0.25, 0.3) is 0 Å². The molecular formula is C19H33IN4O3. The normalized spacial score (nSPS) is 10.9. The molecule has 1 aromatic rings. The van der Waals surface area contributed by atoms with Gasteiger partial charge < -0.3 is 25.0 Å². The Balaban J connectivity index is 0.00000676. The molecule has 1 aromatic carbocycles. The quantitative estimate of drug-likeness (QED) is 0.240. The Morgan fingerprint density at radius 2 is 1.93 bits per heavy atom. The third-order valence-corrected chi connectivity index (χ3v) is 3.80. The van der Waals surface area contributed by atoms with E-state index in [1.807, 2.05) is 50.9 Å². The molecule has 0 fully saturated rings. The van der Waals surface area contributed by atoms with Crippen LogP contribution in [0.4, 0.5) is 0 Å². The zero-order chi connectivity index (χ0) is 19.5. The second-order valence-corrected chi connectivity index (χ2v) is 6.22. The van der Waals surface area contributed by atoms with Gasteiger partial charge in [0, 0.05) is 44.2 Å². The van der Waals surface area contributed by atoms with Crippen LogP contribution in [0, 0.1) is 5.92 Å². The topological polar surface area (TPSA) is 75.2 Å². The maximum Gasteiger partial charge on any atom is 0.222 e. The van der Waals surface area contributed by atoms with Gasteiger partial charge in [-0.2, -0.15) is 0 Å². The van der Waals surface area contributed by atoms with Crippen LogP contribution in [0.3, 0.4) is 0 Å². The number of carbonyl (C=O) groups excluding carboxylic acids is 1. The minimum atomic E-state index is -0.0163. The molecule has 0 atom stereocenters. The van der Waals surface area contributed by atoms with E-state index in [2.05, 4.69) is 15.6 Å². The highest BCUT2D eigenvalue weighted by atomic mass is 127. The number of aliphatic imine (C=N–C) groups is 1. The lowest BCUT2D eigenvalue weighted by Crippen LogP contribution is -2.39. The number of hydrogen-bond donors (Lipinski definition) is 2. The average Bonchev–Trinajstić information content (AvgIpc) is 2.63. The van der Waals surface area contributed by atoms with Crippen LogP contribution < -0.4 is 20.1 Å². The van der Waals surface area contributed by atoms with Gasteiger partial charge in [-0.3, -0.25) is 9.79 Å². The minimum Gasteiger partial charge on any atom is -0.497 e. The van der Waals surface area contributed by atoms with Crippen molar-refractivity contribution < 1.29 is 14.3 Å². The first-order chi connectivity index (χ1) is 12.4. The SMILES string of the molecule is CCNC(=NCCNC(=O)C(C)C)N(C)Cc1ccc(OC)cc1OC.I. The maximum absolute atomic E-state index is 11.6. The van der Waals surface area contributed by atoms with Gasteiger partial charge in [-0.05, 0) is 19.1 Å². The number of rotatable bonds is 9. The molecule has 0 unspecified atom stereocenters. The summed E-state index contributed by atoms with van der Waals surface area (Å²) in [7, 11) is 5.25. The smallest absolute Gasteiger partial charge is 0.222 e. The predicted molar refractivity (Wildman–Crippen MR) is 120 cm³/mol. The number of carbonyl (C=O) groups is 1. The summed E-state index contributed by atoms with van der Waals surface area (Å²) >= 11 is 0. The summed E-state index contributed by atoms with van der Waals surface area (Å²) in [6.07, 6.45) is 0. The molecule has 2 N–H and O–H groups in total. The van der Waals surface area contributed by atoms with Crippen LogP contribution in [-0.4, -0.2) is 57.7 Å². The van der Waals surface area contributed by atoms with Crippen molar-refractivity contribution in [3.63, 3.8) is 0 Å². The van der Waals surface area contributed by atoms with E-state index in [1.165, 1.54) is 0 Å². The van der Waals surface area contributed by atoms with Crippen molar-refractivity contribution in [3.8, 4) is 11.5 Å². The molecule has 0 radical (unpaired) electrons. The van der Waals surface area contributed by atoms with Gasteiger partial charge in [0.15, 0.2) is 5.96 Å². The van der Waals surface area contributed by atoms with Crippen molar-refractivity contribution in [2.24, 2.45) is 10.9 Å². The number of methoxy groups -OCH3 is 2. The molecular weight excluding hydrogens is 459 g/mol. The largest absolute Gasteiger partial charge is 0.497 e. The summed E-state index contributed by atoms with van der Waals surface area (Å²) < 4.78 is 10.7. The zero-order valence-corrected chi connectivity index (χ0v) is 19.5. The van der Waals surface area contributed by atoms with Crippen molar-refractivity contribution in [1.29, 1.82) is 0 Å². The van der Waals surface area contributed by atoms with Crippen molar-refractivity contribution in [3.05, 3.63) is 23.8 Å². The number of hydrogen-bond acceptors (Lipinski definition) is 4. The standard InChI is InChI=1S/C19H32N4O3.HI/c1-7-20-19(22-11-10-21-18(24)14(2)3)23(4)13-15-8-9-16(25-5)12-17(15)26-6;/h8-9,12,14H,7,10-11,13H2,1-6H3,(H,20,22)(H,21,24);1H. The van der Waals surface area contributed by atoms with Gasteiger partial charge in [-0.25, -0.2) is 0 Å². The second kappa shape index (κ2) is 13.5. The monoisotopic (exact) mass is 492 g/mol. The zero-order valence-electron chi connectivity index (χ0n) is 17.2. The van der Waals surface area contributed by atoms with Gasteiger partial charge in [-0.1, -0.05) is 13.8 Å². The van der Waals surface area contributed by atoms with Crippen molar-refractivity contribution in [1.82, 2.24) is 15.5 Å². The minimum absolute atomic E-state index is 0. The maximum atomic E-state index is 11.6. The molecule has 0 aliphatic carbocycles. The number of nitrogens with one attached hydrogen (secondary N) is 2. The molecule has 1 rings (SSSR count). The van der Waals surface area contributed by atoms with E-state index >= 15 is 0 Å². The van der Waals surface area contributed by atoms with Crippen LogP contribution in [0.1, 0.15) is 26.3 Å². The Kier molecular flexibility index (Phi) is 12.6. The number of ether oxygens (including phenoxy) is 2. The number of nitrogens with zero attached hydrogens (tertiary/aromatic N) is 2. The van der Waals surface area contributed by atoms with E-state index in [0.29, 0.717) is 19.6 Å². The molecule has 0 heterocycles. The first kappa shape index (κ1) is 25.3. The summed E-state index contributed by atoms with van der Waals surface area (Å²) in [5, 5.41) is 6.14. The molecule has 0 saturated heterocycles. The molecule has 1 amide bonds. The summed E-state index contributed by atoms with van der Waals surface area (Å²) in [6, 6.07) is 5.77. The molecule has 0 aliphatic rings. The van der Waals surface area contributed by atoms with Gasteiger partial charge in [0.2, 0.25) is 5.91 Å². The summed E-state index contributed by atoms with van der Waals surface area (Å²) in [5.74, 6) is 2.34. The van der Waals surface area contributed by atoms with Crippen molar-refractivity contribution in [2.75, 3.05) is 40.9 Å². The van der Waals surface area contributed by atoms with Crippen LogP contribution in [0.25, 0.3) is 0 Å². The van der Waals surface area contributed by atoms with E-state index in [-0.39, 0.29) is 35.8 Å². The highest BCUT2D eigenvalue weighted by Crippen LogP contribution is 2.25. The molecule has 0 spiro atoms. The molecule has 0 bridgehead atoms. The van der Waals surface area contributed by atoms with E-state index < -0.39 is 0 Å². The fourth-order valence-corrected chi connectivity index (χ4v) is 2.33. The number of amides is 1. The van der Waals surface area contributed by atoms with Gasteiger partial charge in [-0.15, -0.1) is 24.0 Å². The third-order valence-electron chi connectivity index (χ3n) is 3.80. The fraction of sp³-hybridized carbons (Fsp3) is 0.579. The second-order valence-electron chi connectivity index (χ2n) is 6.22. The van der Waals surface area contributed by atoms with Crippen LogP contribution in [0.2, 0.25) is 0 Å². The predicted octanol–water partition coefficient (Wildman–Crippen LogP) is 2.49. The molecule has 7 nitrogen and oxygen atoms in total. The molecule has 8 heteroatoms. The molecule has 0 saturated carbocycles. The van der Waals surface area contributed by atoms with Crippen molar-refractivity contribution in [2.45, 2.75) is 27.3 Å². The highest BCUT2D eigenvalue weighted by molar-refractivity contribution is 14.0. The van der Waals surface area contributed by atoms with Crippen molar-refractivity contribution >= 4 is 35.8 Å². The Morgan fingerprint density at radius 3 is 2.48 bits per heavy atom. The molecule has 0 aliphatic heterocycles. The number of halogens is 1. The van der Waals surface area contributed by atoms with Crippen LogP contribution in [-0.2, 0) is 11.3 Å². The fourth-order valence-electron chi connectivity index (χ4n) is 2.33. The third kappa shape index (κ3) is 8.68. The van der Waals surface area contributed by atoms with Gasteiger partial charge >= 0.3 is 0 Å². The lowest BCUT2D eigenvalue weighted by molar-refractivity contribution is -0.123. The Labute approximate surface area is 179 Å². The lowest BCUT2D eigenvalue weighted by Gasteiger charge is -2.23. The number of benzene rings is 1. The van der Waals surface area contributed by atoms with E-state index in [4.69, 9.17) is 9.47 Å². The van der Waals surface area contributed by atoms with Crippen LogP contribution in [0.15, 0.2) is 23.2 Å². The highest BCUT2D eigenvalue weighted by Gasteiger charge is 2.11. The summed E-state index contributed by atoms with van der Waals surface area (Å²) in [5.41, 5.74) is 1.04. The first-order valence-electron chi connectivity index (χ1n) is 8.90. The molecule has 154 valence electrons. The first-order valence-corrected chi connectivity index (χ1v) is 8.90. The number of guanidine groups is 1. The van der Waals surface area contributed by atoms with E-state index in [1.54, 1.807) is 14.2 Å².